The van der Waals surface area contributed by atoms with Gasteiger partial charge in [-0.05, 0) is 36.8 Å². The van der Waals surface area contributed by atoms with Crippen molar-refractivity contribution in [3.05, 3.63) is 65.0 Å². The van der Waals surface area contributed by atoms with Crippen LogP contribution in [0.4, 0.5) is 13.2 Å². The second kappa shape index (κ2) is 11.2. The number of ether oxygens (including phenoxy) is 2. The Balaban J connectivity index is 1.89. The lowest BCUT2D eigenvalue weighted by Gasteiger charge is -2.12. The van der Waals surface area contributed by atoms with Crippen molar-refractivity contribution >= 4 is 5.96 Å². The minimum atomic E-state index is -0.747. The topological polar surface area (TPSA) is 54.9 Å². The number of methoxy groups -OCH3 is 1. The van der Waals surface area contributed by atoms with Crippen molar-refractivity contribution in [2.75, 3.05) is 26.8 Å². The maximum absolute atomic E-state index is 13.7. The molecule has 2 rings (SSSR count). The van der Waals surface area contributed by atoms with Gasteiger partial charge >= 0.3 is 0 Å². The molecule has 152 valence electrons. The molecule has 8 heteroatoms. The first-order valence-corrected chi connectivity index (χ1v) is 8.89. The van der Waals surface area contributed by atoms with Gasteiger partial charge in [0, 0.05) is 25.3 Å². The highest BCUT2D eigenvalue weighted by molar-refractivity contribution is 5.79. The lowest BCUT2D eigenvalue weighted by Crippen LogP contribution is -2.39. The fraction of sp³-hybridized carbons (Fsp3) is 0.350. The summed E-state index contributed by atoms with van der Waals surface area (Å²) in [6.45, 7) is 3.65. The molecule has 28 heavy (non-hydrogen) atoms. The molecule has 0 saturated heterocycles. The van der Waals surface area contributed by atoms with Gasteiger partial charge in [-0.15, -0.1) is 0 Å². The second-order valence-corrected chi connectivity index (χ2v) is 5.90. The van der Waals surface area contributed by atoms with E-state index in [0.29, 0.717) is 31.2 Å². The number of aliphatic imine (C=N–C) groups is 1. The number of rotatable bonds is 9. The normalized spacial score (nSPS) is 11.4. The number of hydrogen-bond acceptors (Lipinski definition) is 3. The van der Waals surface area contributed by atoms with Gasteiger partial charge in [0.05, 0.1) is 19.7 Å². The van der Waals surface area contributed by atoms with Gasteiger partial charge in [-0.25, -0.2) is 18.2 Å². The Morgan fingerprint density at radius 2 is 1.86 bits per heavy atom. The van der Waals surface area contributed by atoms with Crippen LogP contribution in [0.25, 0.3) is 0 Å². The van der Waals surface area contributed by atoms with Crippen molar-refractivity contribution in [2.45, 2.75) is 20.1 Å². The van der Waals surface area contributed by atoms with E-state index in [1.807, 2.05) is 6.92 Å². The molecule has 0 fully saturated rings. The highest BCUT2D eigenvalue weighted by Crippen LogP contribution is 2.17. The standard InChI is InChI=1S/C20H24F3N3O2/c1-3-24-20(25-8-9-28-19-7-5-16(21)11-18(19)23)26-12-14-4-6-17(22)15(10-14)13-27-2/h4-7,10-11H,3,8-9,12-13H2,1-2H3,(H2,24,25,26). The number of guanidine groups is 1. The molecule has 2 aromatic carbocycles. The molecule has 2 aromatic rings. The molecule has 0 unspecified atom stereocenters. The fourth-order valence-electron chi connectivity index (χ4n) is 2.43. The number of hydrogen-bond donors (Lipinski definition) is 2. The molecule has 0 saturated carbocycles. The van der Waals surface area contributed by atoms with E-state index in [0.717, 1.165) is 17.7 Å². The van der Waals surface area contributed by atoms with Gasteiger partial charge < -0.3 is 20.1 Å². The number of halogens is 3. The van der Waals surface area contributed by atoms with E-state index in [1.165, 1.54) is 19.2 Å². The lowest BCUT2D eigenvalue weighted by molar-refractivity contribution is 0.181. The summed E-state index contributed by atoms with van der Waals surface area (Å²) >= 11 is 0. The zero-order valence-corrected chi connectivity index (χ0v) is 15.9. The Bertz CT molecular complexity index is 800. The molecule has 0 atom stereocenters. The van der Waals surface area contributed by atoms with E-state index in [4.69, 9.17) is 9.47 Å². The summed E-state index contributed by atoms with van der Waals surface area (Å²) in [6.07, 6.45) is 0. The van der Waals surface area contributed by atoms with Gasteiger partial charge in [-0.2, -0.15) is 0 Å². The Morgan fingerprint density at radius 3 is 2.57 bits per heavy atom. The quantitative estimate of drug-likeness (QED) is 0.388. The predicted molar refractivity (Wildman–Crippen MR) is 102 cm³/mol. The largest absolute Gasteiger partial charge is 0.489 e. The van der Waals surface area contributed by atoms with Crippen LogP contribution in [0.2, 0.25) is 0 Å². The summed E-state index contributed by atoms with van der Waals surface area (Å²) in [4.78, 5) is 4.44. The number of nitrogens with one attached hydrogen (secondary N) is 2. The fourth-order valence-corrected chi connectivity index (χ4v) is 2.43. The molecule has 5 nitrogen and oxygen atoms in total. The SMILES string of the molecule is CCNC(=NCc1ccc(F)c(COC)c1)NCCOc1ccc(F)cc1F. The smallest absolute Gasteiger partial charge is 0.191 e. The van der Waals surface area contributed by atoms with Crippen LogP contribution >= 0.6 is 0 Å². The Hall–Kier alpha value is -2.74. The van der Waals surface area contributed by atoms with Crippen LogP contribution in [0.5, 0.6) is 5.75 Å². The third kappa shape index (κ3) is 6.77. The van der Waals surface area contributed by atoms with E-state index >= 15 is 0 Å². The van der Waals surface area contributed by atoms with Crippen LogP contribution < -0.4 is 15.4 Å². The van der Waals surface area contributed by atoms with Gasteiger partial charge in [0.2, 0.25) is 0 Å². The highest BCUT2D eigenvalue weighted by atomic mass is 19.1. The molecule has 0 spiro atoms. The summed E-state index contributed by atoms with van der Waals surface area (Å²) in [5, 5.41) is 6.14. The molecule has 2 N–H and O–H groups in total. The van der Waals surface area contributed by atoms with Crippen LogP contribution in [-0.4, -0.2) is 32.8 Å². The Labute approximate surface area is 162 Å². The van der Waals surface area contributed by atoms with Gasteiger partial charge in [0.15, 0.2) is 17.5 Å². The summed E-state index contributed by atoms with van der Waals surface area (Å²) < 4.78 is 50.4. The predicted octanol–water partition coefficient (Wildman–Crippen LogP) is 3.38. The minimum Gasteiger partial charge on any atom is -0.489 e. The third-order valence-corrected chi connectivity index (χ3v) is 3.72. The molecular formula is C20H24F3N3O2. The first kappa shape index (κ1) is 21.6. The van der Waals surface area contributed by atoms with Crippen LogP contribution in [0.15, 0.2) is 41.4 Å². The van der Waals surface area contributed by atoms with Crippen LogP contribution in [0.1, 0.15) is 18.1 Å². The maximum Gasteiger partial charge on any atom is 0.191 e. The zero-order valence-electron chi connectivity index (χ0n) is 15.9. The van der Waals surface area contributed by atoms with Crippen LogP contribution in [0.3, 0.4) is 0 Å². The van der Waals surface area contributed by atoms with E-state index in [1.54, 1.807) is 12.1 Å². The first-order chi connectivity index (χ1) is 13.5. The summed E-state index contributed by atoms with van der Waals surface area (Å²) in [5.41, 5.74) is 1.32. The average molecular weight is 395 g/mol. The van der Waals surface area contributed by atoms with E-state index in [-0.39, 0.29) is 24.8 Å². The summed E-state index contributed by atoms with van der Waals surface area (Å²) in [5.74, 6) is -1.18. The van der Waals surface area contributed by atoms with E-state index in [9.17, 15) is 13.2 Å². The summed E-state index contributed by atoms with van der Waals surface area (Å²) in [6, 6.07) is 7.93. The Morgan fingerprint density at radius 1 is 1.04 bits per heavy atom. The molecule has 0 amide bonds. The molecule has 0 aromatic heterocycles. The summed E-state index contributed by atoms with van der Waals surface area (Å²) in [7, 11) is 1.51. The van der Waals surface area contributed by atoms with Crippen molar-refractivity contribution in [3.8, 4) is 5.75 Å². The lowest BCUT2D eigenvalue weighted by atomic mass is 10.1. The minimum absolute atomic E-state index is 0.0119. The van der Waals surface area contributed by atoms with Crippen molar-refractivity contribution in [1.82, 2.24) is 10.6 Å². The van der Waals surface area contributed by atoms with E-state index < -0.39 is 11.6 Å². The van der Waals surface area contributed by atoms with Crippen molar-refractivity contribution in [1.29, 1.82) is 0 Å². The van der Waals surface area contributed by atoms with Gasteiger partial charge in [0.25, 0.3) is 0 Å². The monoisotopic (exact) mass is 395 g/mol. The number of benzene rings is 2. The van der Waals surface area contributed by atoms with E-state index in [2.05, 4.69) is 15.6 Å². The van der Waals surface area contributed by atoms with Crippen LogP contribution in [0, 0.1) is 17.5 Å². The molecule has 0 aliphatic rings. The molecule has 0 aliphatic heterocycles. The van der Waals surface area contributed by atoms with Crippen LogP contribution in [-0.2, 0) is 17.9 Å². The molecule has 0 aliphatic carbocycles. The second-order valence-electron chi connectivity index (χ2n) is 5.90. The molecule has 0 heterocycles. The molecule has 0 radical (unpaired) electrons. The molecular weight excluding hydrogens is 371 g/mol. The van der Waals surface area contributed by atoms with Gasteiger partial charge in [-0.3, -0.25) is 0 Å². The zero-order chi connectivity index (χ0) is 20.4. The molecule has 0 bridgehead atoms. The Kier molecular flexibility index (Phi) is 8.61. The van der Waals surface area contributed by atoms with Crippen molar-refractivity contribution < 1.29 is 22.6 Å². The highest BCUT2D eigenvalue weighted by Gasteiger charge is 2.06. The average Bonchev–Trinajstić information content (AvgIpc) is 2.67. The first-order valence-electron chi connectivity index (χ1n) is 8.89. The van der Waals surface area contributed by atoms with Crippen molar-refractivity contribution in [2.24, 2.45) is 4.99 Å². The number of nitrogens with zero attached hydrogens (tertiary/aromatic N) is 1. The van der Waals surface area contributed by atoms with Gasteiger partial charge in [-0.1, -0.05) is 6.07 Å². The third-order valence-electron chi connectivity index (χ3n) is 3.72. The van der Waals surface area contributed by atoms with Gasteiger partial charge in [0.1, 0.15) is 18.2 Å². The maximum atomic E-state index is 13.7. The van der Waals surface area contributed by atoms with Crippen molar-refractivity contribution in [3.63, 3.8) is 0 Å².